The predicted octanol–water partition coefficient (Wildman–Crippen LogP) is 6.51. The molecule has 6 rings (SSSR count). The zero-order valence-electron chi connectivity index (χ0n) is 22.7. The van der Waals surface area contributed by atoms with Gasteiger partial charge in [-0.2, -0.15) is 0 Å². The molecule has 0 spiro atoms. The van der Waals surface area contributed by atoms with E-state index in [-0.39, 0.29) is 18.4 Å². The van der Waals surface area contributed by atoms with E-state index in [1.807, 2.05) is 66.7 Å². The van der Waals surface area contributed by atoms with Crippen LogP contribution < -0.4 is 10.2 Å². The maximum atomic E-state index is 13.7. The van der Waals surface area contributed by atoms with Crippen LogP contribution in [0.15, 0.2) is 103 Å². The molecule has 6 heteroatoms. The van der Waals surface area contributed by atoms with Crippen LogP contribution in [-0.4, -0.2) is 28.3 Å². The number of amides is 2. The quantitative estimate of drug-likeness (QED) is 0.295. The first-order chi connectivity index (χ1) is 19.3. The summed E-state index contributed by atoms with van der Waals surface area (Å²) >= 11 is 0. The van der Waals surface area contributed by atoms with Gasteiger partial charge in [0.05, 0.1) is 11.4 Å². The number of rotatable bonds is 4. The maximum absolute atomic E-state index is 13.7. The van der Waals surface area contributed by atoms with Crippen molar-refractivity contribution in [1.82, 2.24) is 9.97 Å². The minimum absolute atomic E-state index is 0.174. The van der Waals surface area contributed by atoms with Crippen molar-refractivity contribution in [2.45, 2.75) is 13.3 Å². The van der Waals surface area contributed by atoms with E-state index in [0.717, 1.165) is 11.1 Å². The second-order valence-electron chi connectivity index (χ2n) is 9.07. The molecule has 2 amide bonds. The Morgan fingerprint density at radius 3 is 2.34 bits per heavy atom. The third-order valence-corrected chi connectivity index (χ3v) is 6.58. The number of H-pyrrole nitrogens is 1. The van der Waals surface area contributed by atoms with Gasteiger partial charge in [0.15, 0.2) is 0 Å². The number of aromatic nitrogens is 2. The Morgan fingerprint density at radius 1 is 0.868 bits per heavy atom. The first kappa shape index (κ1) is 21.1. The Morgan fingerprint density at radius 2 is 1.55 bits per heavy atom. The SMILES string of the molecule is [2H]C1([2H])CN(C(=O)c2ccc(NC(=O)c3ccccc3-c3ccccc3)cc2)c2ccccc2-c2nc(C)[nH]c21. The standard InChI is InChI=1S/C32H26N4O2/c1-21-33-28-19-20-36(29-14-8-7-13-27(29)30(28)34-21)32(38)23-15-17-24(18-16-23)35-31(37)26-12-6-5-11-25(26)22-9-3-2-4-10-22/h2-18H,19-20H2,1H3,(H,33,34)(H,35,37)/i19D2. The molecule has 2 N–H and O–H groups in total. The van der Waals surface area contributed by atoms with E-state index in [1.54, 1.807) is 43.3 Å². The van der Waals surface area contributed by atoms with Gasteiger partial charge in [-0.25, -0.2) is 4.98 Å². The van der Waals surface area contributed by atoms with Crippen molar-refractivity contribution in [2.75, 3.05) is 16.8 Å². The first-order valence-corrected chi connectivity index (χ1v) is 12.4. The second kappa shape index (κ2) is 9.82. The van der Waals surface area contributed by atoms with Gasteiger partial charge in [-0.05, 0) is 54.4 Å². The van der Waals surface area contributed by atoms with Gasteiger partial charge in [0.2, 0.25) is 0 Å². The van der Waals surface area contributed by atoms with E-state index in [1.165, 1.54) is 4.90 Å². The van der Waals surface area contributed by atoms with Gasteiger partial charge in [-0.15, -0.1) is 0 Å². The topological polar surface area (TPSA) is 78.1 Å². The van der Waals surface area contributed by atoms with Crippen molar-refractivity contribution in [3.05, 3.63) is 126 Å². The molecule has 186 valence electrons. The van der Waals surface area contributed by atoms with Crippen molar-refractivity contribution >= 4 is 23.2 Å². The molecular weight excluding hydrogens is 472 g/mol. The zero-order valence-corrected chi connectivity index (χ0v) is 20.7. The van der Waals surface area contributed by atoms with Crippen LogP contribution in [0, 0.1) is 6.92 Å². The highest BCUT2D eigenvalue weighted by Gasteiger charge is 2.26. The number of nitrogens with one attached hydrogen (secondary N) is 2. The van der Waals surface area contributed by atoms with E-state index in [2.05, 4.69) is 15.3 Å². The minimum Gasteiger partial charge on any atom is -0.346 e. The Bertz CT molecular complexity index is 1730. The zero-order chi connectivity index (χ0) is 27.9. The lowest BCUT2D eigenvalue weighted by Crippen LogP contribution is -2.32. The lowest BCUT2D eigenvalue weighted by molar-refractivity contribution is 0.0986. The highest BCUT2D eigenvalue weighted by atomic mass is 16.2. The summed E-state index contributed by atoms with van der Waals surface area (Å²) in [6.45, 7) is 1.61. The number of carbonyl (C=O) groups is 2. The molecule has 5 aromatic rings. The molecule has 1 aliphatic rings. The molecule has 0 radical (unpaired) electrons. The van der Waals surface area contributed by atoms with E-state index < -0.39 is 6.37 Å². The number of aryl methyl sites for hydroxylation is 1. The van der Waals surface area contributed by atoms with Crippen LogP contribution in [0.3, 0.4) is 0 Å². The van der Waals surface area contributed by atoms with Gasteiger partial charge in [0, 0.05) is 43.7 Å². The van der Waals surface area contributed by atoms with Gasteiger partial charge in [-0.1, -0.05) is 66.7 Å². The van der Waals surface area contributed by atoms with E-state index in [4.69, 9.17) is 2.74 Å². The van der Waals surface area contributed by atoms with Crippen LogP contribution in [-0.2, 0) is 6.37 Å². The summed E-state index contributed by atoms with van der Waals surface area (Å²) in [5.74, 6) is 0.0232. The first-order valence-electron chi connectivity index (χ1n) is 13.4. The number of fused-ring (bicyclic) bond motifs is 3. The number of anilines is 2. The number of aromatic amines is 1. The molecule has 38 heavy (non-hydrogen) atoms. The van der Waals surface area contributed by atoms with Crippen molar-refractivity contribution in [2.24, 2.45) is 0 Å². The lowest BCUT2D eigenvalue weighted by atomic mass is 9.99. The van der Waals surface area contributed by atoms with E-state index >= 15 is 0 Å². The van der Waals surface area contributed by atoms with Gasteiger partial charge in [0.25, 0.3) is 11.8 Å². The summed E-state index contributed by atoms with van der Waals surface area (Å²) in [5.41, 5.74) is 5.41. The molecule has 0 unspecified atom stereocenters. The summed E-state index contributed by atoms with van der Waals surface area (Å²) in [6.07, 6.45) is -1.84. The summed E-state index contributed by atoms with van der Waals surface area (Å²) in [6, 6.07) is 31.1. The molecule has 0 fully saturated rings. The number of imidazole rings is 1. The Labute approximate surface area is 223 Å². The fourth-order valence-electron chi connectivity index (χ4n) is 4.75. The van der Waals surface area contributed by atoms with Gasteiger partial charge < -0.3 is 15.2 Å². The largest absolute Gasteiger partial charge is 0.346 e. The molecule has 2 heterocycles. The molecule has 0 atom stereocenters. The Hall–Kier alpha value is -4.97. The van der Waals surface area contributed by atoms with E-state index in [9.17, 15) is 9.59 Å². The van der Waals surface area contributed by atoms with Crippen LogP contribution in [0.1, 0.15) is 35.0 Å². The number of carbonyl (C=O) groups excluding carboxylic acids is 2. The number of benzene rings is 4. The number of nitrogens with zero attached hydrogens (tertiary/aromatic N) is 2. The smallest absolute Gasteiger partial charge is 0.258 e. The Balaban J connectivity index is 1.26. The normalized spacial score (nSPS) is 14.4. The van der Waals surface area contributed by atoms with Crippen molar-refractivity contribution in [3.63, 3.8) is 0 Å². The van der Waals surface area contributed by atoms with Gasteiger partial charge >= 0.3 is 0 Å². The molecule has 0 saturated carbocycles. The van der Waals surface area contributed by atoms with Crippen LogP contribution in [0.4, 0.5) is 11.4 Å². The average Bonchev–Trinajstić information content (AvgIpc) is 3.35. The summed E-state index contributed by atoms with van der Waals surface area (Å²) < 4.78 is 17.5. The monoisotopic (exact) mass is 500 g/mol. The average molecular weight is 501 g/mol. The highest BCUT2D eigenvalue weighted by molar-refractivity contribution is 6.10. The third kappa shape index (κ3) is 4.37. The molecule has 0 bridgehead atoms. The van der Waals surface area contributed by atoms with Gasteiger partial charge in [-0.3, -0.25) is 9.59 Å². The number of hydrogen-bond acceptors (Lipinski definition) is 3. The minimum atomic E-state index is -1.84. The molecule has 1 aromatic heterocycles. The maximum Gasteiger partial charge on any atom is 0.258 e. The molecule has 0 saturated heterocycles. The fourth-order valence-corrected chi connectivity index (χ4v) is 4.75. The van der Waals surface area contributed by atoms with Crippen LogP contribution >= 0.6 is 0 Å². The van der Waals surface area contributed by atoms with Crippen molar-refractivity contribution in [3.8, 4) is 22.4 Å². The molecule has 0 aliphatic carbocycles. The van der Waals surface area contributed by atoms with Crippen LogP contribution in [0.5, 0.6) is 0 Å². The molecule has 1 aliphatic heterocycles. The fraction of sp³-hybridized carbons (Fsp3) is 0.0938. The molecule has 4 aromatic carbocycles. The van der Waals surface area contributed by atoms with Crippen molar-refractivity contribution in [1.29, 1.82) is 0 Å². The van der Waals surface area contributed by atoms with Crippen LogP contribution in [0.25, 0.3) is 22.4 Å². The Kier molecular flexibility index (Phi) is 5.47. The number of hydrogen-bond donors (Lipinski definition) is 2. The highest BCUT2D eigenvalue weighted by Crippen LogP contribution is 2.36. The summed E-state index contributed by atoms with van der Waals surface area (Å²) in [4.78, 5) is 36.0. The molecule has 6 nitrogen and oxygen atoms in total. The summed E-state index contributed by atoms with van der Waals surface area (Å²) in [7, 11) is 0. The second-order valence-corrected chi connectivity index (χ2v) is 9.07. The summed E-state index contributed by atoms with van der Waals surface area (Å²) in [5, 5.41) is 2.93. The van der Waals surface area contributed by atoms with E-state index in [0.29, 0.717) is 45.3 Å². The van der Waals surface area contributed by atoms with Crippen molar-refractivity contribution < 1.29 is 12.3 Å². The third-order valence-electron chi connectivity index (χ3n) is 6.58. The molecular formula is C32H26N4O2. The van der Waals surface area contributed by atoms with Crippen LogP contribution in [0.2, 0.25) is 0 Å². The van der Waals surface area contributed by atoms with Gasteiger partial charge in [0.1, 0.15) is 5.82 Å². The predicted molar refractivity (Wildman–Crippen MR) is 150 cm³/mol. The number of para-hydroxylation sites is 1. The lowest BCUT2D eigenvalue weighted by Gasteiger charge is -2.23.